The van der Waals surface area contributed by atoms with Crippen LogP contribution in [-0.2, 0) is 13.5 Å². The van der Waals surface area contributed by atoms with E-state index < -0.39 is 11.9 Å². The van der Waals surface area contributed by atoms with Crippen LogP contribution in [0.5, 0.6) is 5.75 Å². The third-order valence-corrected chi connectivity index (χ3v) is 4.72. The highest BCUT2D eigenvalue weighted by molar-refractivity contribution is 6.02. The smallest absolute Gasteiger partial charge is 0.335 e. The second-order valence-corrected chi connectivity index (χ2v) is 6.74. The van der Waals surface area contributed by atoms with Crippen LogP contribution < -0.4 is 5.43 Å². The molecule has 3 aromatic rings. The number of rotatable bonds is 6. The van der Waals surface area contributed by atoms with Gasteiger partial charge in [0.2, 0.25) is 0 Å². The fraction of sp³-hybridized carbons (Fsp3) is 0.182. The third kappa shape index (κ3) is 4.22. The number of aromatic carboxylic acids is 1. The monoisotopic (exact) mass is 406 g/mol. The first-order valence-corrected chi connectivity index (χ1v) is 9.35. The van der Waals surface area contributed by atoms with Crippen LogP contribution in [0.15, 0.2) is 53.6 Å². The number of nitrogens with zero attached hydrogens (tertiary/aromatic N) is 3. The maximum Gasteiger partial charge on any atom is 0.335 e. The van der Waals surface area contributed by atoms with Crippen LogP contribution in [0.2, 0.25) is 0 Å². The number of aryl methyl sites for hydroxylation is 2. The summed E-state index contributed by atoms with van der Waals surface area (Å²) in [6.45, 7) is 3.70. The molecule has 0 aliphatic heterocycles. The van der Waals surface area contributed by atoms with Crippen LogP contribution in [0.3, 0.4) is 0 Å². The van der Waals surface area contributed by atoms with Crippen molar-refractivity contribution in [3.63, 3.8) is 0 Å². The minimum Gasteiger partial charge on any atom is -0.504 e. The molecule has 0 spiro atoms. The Bertz CT molecular complexity index is 1110. The summed E-state index contributed by atoms with van der Waals surface area (Å²) >= 11 is 0. The second-order valence-electron chi connectivity index (χ2n) is 6.74. The van der Waals surface area contributed by atoms with E-state index in [1.165, 1.54) is 29.8 Å². The summed E-state index contributed by atoms with van der Waals surface area (Å²) in [4.78, 5) is 23.1. The van der Waals surface area contributed by atoms with Gasteiger partial charge in [-0.05, 0) is 43.2 Å². The molecule has 0 bridgehead atoms. The van der Waals surface area contributed by atoms with Gasteiger partial charge in [-0.15, -0.1) is 0 Å². The molecule has 8 heteroatoms. The first-order valence-electron chi connectivity index (χ1n) is 9.35. The van der Waals surface area contributed by atoms with Crippen molar-refractivity contribution in [2.45, 2.75) is 20.3 Å². The van der Waals surface area contributed by atoms with Crippen LogP contribution >= 0.6 is 0 Å². The predicted molar refractivity (Wildman–Crippen MR) is 113 cm³/mol. The zero-order valence-corrected chi connectivity index (χ0v) is 16.9. The Balaban J connectivity index is 1.80. The fourth-order valence-electron chi connectivity index (χ4n) is 2.99. The van der Waals surface area contributed by atoms with Crippen molar-refractivity contribution >= 4 is 17.6 Å². The molecular formula is C22H22N4O4. The first-order chi connectivity index (χ1) is 14.3. The lowest BCUT2D eigenvalue weighted by Gasteiger charge is -2.04. The van der Waals surface area contributed by atoms with Crippen molar-refractivity contribution in [3.8, 4) is 17.0 Å². The molecule has 0 fully saturated rings. The standard InChI is InChI=1S/C22H22N4O4/c1-4-14-5-7-15(8-6-14)19-20(27)18(25-26(19)3)13(2)23-24-21(28)16-9-11-17(12-10-16)22(29)30/h5-12,27H,4H2,1-3H3,(H,24,28)(H,29,30). The van der Waals surface area contributed by atoms with E-state index in [0.717, 1.165) is 12.0 Å². The van der Waals surface area contributed by atoms with Crippen LogP contribution in [0.1, 0.15) is 45.8 Å². The Kier molecular flexibility index (Phi) is 5.96. The average molecular weight is 406 g/mol. The van der Waals surface area contributed by atoms with Gasteiger partial charge in [0.05, 0.1) is 11.3 Å². The van der Waals surface area contributed by atoms with Crippen molar-refractivity contribution in [2.75, 3.05) is 0 Å². The van der Waals surface area contributed by atoms with Gasteiger partial charge in [0.1, 0.15) is 5.69 Å². The van der Waals surface area contributed by atoms with Gasteiger partial charge in [0.15, 0.2) is 11.4 Å². The van der Waals surface area contributed by atoms with E-state index in [9.17, 15) is 14.7 Å². The highest BCUT2D eigenvalue weighted by atomic mass is 16.4. The van der Waals surface area contributed by atoms with E-state index in [-0.39, 0.29) is 22.6 Å². The topological polar surface area (TPSA) is 117 Å². The number of benzene rings is 2. The molecule has 0 saturated carbocycles. The number of carbonyl (C=O) groups is 2. The summed E-state index contributed by atoms with van der Waals surface area (Å²) in [6, 6.07) is 13.3. The maximum absolute atomic E-state index is 12.2. The Morgan fingerprint density at radius 1 is 1.07 bits per heavy atom. The number of nitrogens with one attached hydrogen (secondary N) is 1. The molecule has 0 saturated heterocycles. The number of carboxylic acid groups (broad SMARTS) is 1. The van der Waals surface area contributed by atoms with Crippen LogP contribution in [0.4, 0.5) is 0 Å². The summed E-state index contributed by atoms with van der Waals surface area (Å²) in [7, 11) is 1.72. The molecule has 1 aromatic heterocycles. The summed E-state index contributed by atoms with van der Waals surface area (Å²) in [5.74, 6) is -1.60. The fourth-order valence-corrected chi connectivity index (χ4v) is 2.99. The average Bonchev–Trinajstić information content (AvgIpc) is 3.05. The molecule has 0 radical (unpaired) electrons. The molecular weight excluding hydrogens is 384 g/mol. The van der Waals surface area contributed by atoms with Crippen molar-refractivity contribution in [1.29, 1.82) is 0 Å². The number of carboxylic acids is 1. The lowest BCUT2D eigenvalue weighted by Crippen LogP contribution is -2.19. The number of aromatic nitrogens is 2. The second kappa shape index (κ2) is 8.60. The Labute approximate surface area is 173 Å². The van der Waals surface area contributed by atoms with E-state index in [0.29, 0.717) is 11.4 Å². The zero-order valence-electron chi connectivity index (χ0n) is 16.9. The third-order valence-electron chi connectivity index (χ3n) is 4.72. The summed E-state index contributed by atoms with van der Waals surface area (Å²) in [6.07, 6.45) is 0.924. The maximum atomic E-state index is 12.2. The number of aromatic hydroxyl groups is 1. The summed E-state index contributed by atoms with van der Waals surface area (Å²) in [5.41, 5.74) is 5.90. The van der Waals surface area contributed by atoms with Crippen LogP contribution in [0, 0.1) is 0 Å². The molecule has 0 aliphatic rings. The van der Waals surface area contributed by atoms with E-state index in [2.05, 4.69) is 22.5 Å². The van der Waals surface area contributed by atoms with Crippen molar-refractivity contribution in [2.24, 2.45) is 12.1 Å². The van der Waals surface area contributed by atoms with E-state index in [4.69, 9.17) is 5.11 Å². The van der Waals surface area contributed by atoms with Crippen molar-refractivity contribution in [1.82, 2.24) is 15.2 Å². The molecule has 3 N–H and O–H groups in total. The van der Waals surface area contributed by atoms with Gasteiger partial charge in [-0.1, -0.05) is 31.2 Å². The minimum atomic E-state index is -1.07. The Morgan fingerprint density at radius 3 is 2.23 bits per heavy atom. The van der Waals surface area contributed by atoms with Gasteiger partial charge in [-0.2, -0.15) is 10.2 Å². The number of amides is 1. The SMILES string of the molecule is CCc1ccc(-c2c(O)c(C(C)=NNC(=O)c3ccc(C(=O)O)cc3)nn2C)cc1. The number of hydrogen-bond donors (Lipinski definition) is 3. The molecule has 154 valence electrons. The van der Waals surface area contributed by atoms with Crippen LogP contribution in [0.25, 0.3) is 11.3 Å². The molecule has 1 amide bonds. The van der Waals surface area contributed by atoms with Gasteiger partial charge in [0, 0.05) is 18.2 Å². The zero-order chi connectivity index (χ0) is 21.8. The van der Waals surface area contributed by atoms with Gasteiger partial charge in [0.25, 0.3) is 5.91 Å². The summed E-state index contributed by atoms with van der Waals surface area (Å²) in [5, 5.41) is 28.0. The Morgan fingerprint density at radius 2 is 1.67 bits per heavy atom. The lowest BCUT2D eigenvalue weighted by atomic mass is 10.1. The van der Waals surface area contributed by atoms with Gasteiger partial charge in [-0.3, -0.25) is 9.48 Å². The van der Waals surface area contributed by atoms with Crippen molar-refractivity contribution < 1.29 is 19.8 Å². The minimum absolute atomic E-state index is 0.0249. The van der Waals surface area contributed by atoms with Gasteiger partial charge >= 0.3 is 5.97 Å². The molecule has 1 heterocycles. The number of carbonyl (C=O) groups excluding carboxylic acids is 1. The lowest BCUT2D eigenvalue weighted by molar-refractivity contribution is 0.0696. The molecule has 30 heavy (non-hydrogen) atoms. The normalized spacial score (nSPS) is 11.4. The summed E-state index contributed by atoms with van der Waals surface area (Å²) < 4.78 is 1.57. The highest BCUT2D eigenvalue weighted by Crippen LogP contribution is 2.32. The number of hydrogen-bond acceptors (Lipinski definition) is 5. The molecule has 2 aromatic carbocycles. The van der Waals surface area contributed by atoms with E-state index in [1.807, 2.05) is 24.3 Å². The van der Waals surface area contributed by atoms with Gasteiger partial charge < -0.3 is 10.2 Å². The Hall–Kier alpha value is -3.94. The molecule has 8 nitrogen and oxygen atoms in total. The largest absolute Gasteiger partial charge is 0.504 e. The first kappa shape index (κ1) is 20.8. The van der Waals surface area contributed by atoms with Gasteiger partial charge in [-0.25, -0.2) is 10.2 Å². The number of hydrazone groups is 1. The predicted octanol–water partition coefficient (Wildman–Crippen LogP) is 3.21. The van der Waals surface area contributed by atoms with Crippen LogP contribution in [-0.4, -0.2) is 37.6 Å². The van der Waals surface area contributed by atoms with Crippen molar-refractivity contribution in [3.05, 3.63) is 70.9 Å². The molecule has 3 rings (SSSR count). The highest BCUT2D eigenvalue weighted by Gasteiger charge is 2.19. The quantitative estimate of drug-likeness (QED) is 0.429. The molecule has 0 unspecified atom stereocenters. The molecule has 0 atom stereocenters. The van der Waals surface area contributed by atoms with E-state index >= 15 is 0 Å². The molecule has 0 aliphatic carbocycles. The van der Waals surface area contributed by atoms with E-state index in [1.54, 1.807) is 18.7 Å².